The number of likely N-dealkylation sites (N-methyl/N-ethyl adjacent to an activating group) is 1. The second-order valence-corrected chi connectivity index (χ2v) is 6.11. The fourth-order valence-corrected chi connectivity index (χ4v) is 3.18. The number of hydrogen-bond donors (Lipinski definition) is 2. The highest BCUT2D eigenvalue weighted by Gasteiger charge is 2.41. The van der Waals surface area contributed by atoms with Gasteiger partial charge in [0.1, 0.15) is 0 Å². The van der Waals surface area contributed by atoms with Gasteiger partial charge in [-0.25, -0.2) is 0 Å². The van der Waals surface area contributed by atoms with Crippen LogP contribution >= 0.6 is 0 Å². The summed E-state index contributed by atoms with van der Waals surface area (Å²) in [6, 6.07) is 0. The number of halogens is 3. The molecule has 1 heterocycles. The van der Waals surface area contributed by atoms with E-state index >= 15 is 0 Å². The fraction of sp³-hybridized carbons (Fsp3) is 1.00. The molecule has 0 spiro atoms. The molecule has 0 radical (unpaired) electrons. The lowest BCUT2D eigenvalue weighted by Gasteiger charge is -2.36. The number of alkyl halides is 3. The first kappa shape index (κ1) is 18.7. The number of piperidine rings is 1. The van der Waals surface area contributed by atoms with Crippen LogP contribution in [-0.4, -0.2) is 54.5 Å². The van der Waals surface area contributed by atoms with E-state index in [1.807, 2.05) is 18.7 Å². The summed E-state index contributed by atoms with van der Waals surface area (Å²) in [5.41, 5.74) is -0.284. The Morgan fingerprint density at radius 1 is 1.29 bits per heavy atom. The van der Waals surface area contributed by atoms with E-state index in [1.165, 1.54) is 0 Å². The summed E-state index contributed by atoms with van der Waals surface area (Å²) in [7, 11) is 0. The molecule has 2 unspecified atom stereocenters. The topological polar surface area (TPSA) is 35.5 Å². The Morgan fingerprint density at radius 3 is 2.52 bits per heavy atom. The van der Waals surface area contributed by atoms with E-state index in [-0.39, 0.29) is 25.1 Å². The Morgan fingerprint density at radius 2 is 2.00 bits per heavy atom. The van der Waals surface area contributed by atoms with Crippen molar-refractivity contribution in [3.63, 3.8) is 0 Å². The molecule has 0 amide bonds. The number of rotatable bonds is 8. The summed E-state index contributed by atoms with van der Waals surface area (Å²) in [5.74, 6) is -1.17. The molecule has 0 aromatic carbocycles. The zero-order valence-electron chi connectivity index (χ0n) is 13.2. The lowest BCUT2D eigenvalue weighted by molar-refractivity contribution is -0.186. The van der Waals surface area contributed by atoms with Gasteiger partial charge in [0.2, 0.25) is 0 Å². The van der Waals surface area contributed by atoms with Gasteiger partial charge in [0, 0.05) is 12.1 Å². The molecule has 0 aromatic heterocycles. The third-order valence-corrected chi connectivity index (χ3v) is 4.63. The van der Waals surface area contributed by atoms with Crippen LogP contribution in [0, 0.1) is 5.92 Å². The van der Waals surface area contributed by atoms with Gasteiger partial charge in [-0.1, -0.05) is 13.8 Å². The van der Waals surface area contributed by atoms with Crippen LogP contribution < -0.4 is 5.32 Å². The third-order valence-electron chi connectivity index (χ3n) is 4.63. The summed E-state index contributed by atoms with van der Waals surface area (Å²) in [4.78, 5) is 1.92. The van der Waals surface area contributed by atoms with Gasteiger partial charge in [0.15, 0.2) is 0 Å². The summed E-state index contributed by atoms with van der Waals surface area (Å²) in [5, 5.41) is 12.9. The summed E-state index contributed by atoms with van der Waals surface area (Å²) < 4.78 is 38.3. The van der Waals surface area contributed by atoms with Crippen molar-refractivity contribution in [3.8, 4) is 0 Å². The van der Waals surface area contributed by atoms with Crippen molar-refractivity contribution in [1.29, 1.82) is 0 Å². The summed E-state index contributed by atoms with van der Waals surface area (Å²) in [6.45, 7) is 6.45. The molecule has 1 aliphatic rings. The molecule has 1 rings (SSSR count). The number of aliphatic hydroxyl groups excluding tert-OH is 1. The lowest BCUT2D eigenvalue weighted by Crippen LogP contribution is -2.48. The Balaban J connectivity index is 2.40. The fourth-order valence-electron chi connectivity index (χ4n) is 3.18. The van der Waals surface area contributed by atoms with Crippen molar-refractivity contribution in [1.82, 2.24) is 10.2 Å². The molecule has 0 aliphatic carbocycles. The van der Waals surface area contributed by atoms with E-state index < -0.39 is 12.1 Å². The van der Waals surface area contributed by atoms with Crippen LogP contribution in [-0.2, 0) is 0 Å². The first-order chi connectivity index (χ1) is 9.87. The van der Waals surface area contributed by atoms with Crippen molar-refractivity contribution >= 4 is 0 Å². The summed E-state index contributed by atoms with van der Waals surface area (Å²) >= 11 is 0. The van der Waals surface area contributed by atoms with Crippen molar-refractivity contribution in [2.24, 2.45) is 5.92 Å². The molecule has 1 aliphatic heterocycles. The van der Waals surface area contributed by atoms with Crippen molar-refractivity contribution in [2.75, 3.05) is 32.8 Å². The number of aliphatic hydroxyl groups is 1. The minimum Gasteiger partial charge on any atom is -0.394 e. The standard InChI is InChI=1S/C15H29F3N2O/c1-3-14(12-21,19-4-2)8-6-10-20-9-5-7-13(11-20)15(16,17)18/h13,19,21H,3-12H2,1-2H3. The molecule has 21 heavy (non-hydrogen) atoms. The second-order valence-electron chi connectivity index (χ2n) is 6.11. The molecule has 0 aromatic rings. The number of hydrogen-bond acceptors (Lipinski definition) is 3. The molecule has 2 atom stereocenters. The van der Waals surface area contributed by atoms with Gasteiger partial charge < -0.3 is 15.3 Å². The maximum absolute atomic E-state index is 12.8. The van der Waals surface area contributed by atoms with E-state index in [4.69, 9.17) is 0 Å². The molecular weight excluding hydrogens is 281 g/mol. The normalized spacial score (nSPS) is 24.0. The molecule has 126 valence electrons. The highest BCUT2D eigenvalue weighted by molar-refractivity contribution is 4.86. The summed E-state index contributed by atoms with van der Waals surface area (Å²) in [6.07, 6.45) is -0.764. The molecule has 1 saturated heterocycles. The predicted molar refractivity (Wildman–Crippen MR) is 78.2 cm³/mol. The van der Waals surface area contributed by atoms with Crippen LogP contribution in [0.3, 0.4) is 0 Å². The maximum Gasteiger partial charge on any atom is 0.393 e. The van der Waals surface area contributed by atoms with Gasteiger partial charge in [-0.05, 0) is 51.7 Å². The average Bonchev–Trinajstić information content (AvgIpc) is 2.46. The van der Waals surface area contributed by atoms with Gasteiger partial charge in [-0.15, -0.1) is 0 Å². The van der Waals surface area contributed by atoms with E-state index in [0.29, 0.717) is 13.0 Å². The van der Waals surface area contributed by atoms with Crippen LogP contribution in [0.5, 0.6) is 0 Å². The van der Waals surface area contributed by atoms with Crippen LogP contribution in [0.2, 0.25) is 0 Å². The van der Waals surface area contributed by atoms with Gasteiger partial charge in [-0.3, -0.25) is 0 Å². The number of nitrogens with one attached hydrogen (secondary N) is 1. The van der Waals surface area contributed by atoms with E-state index in [0.717, 1.165) is 32.4 Å². The Labute approximate surface area is 125 Å². The van der Waals surface area contributed by atoms with E-state index in [1.54, 1.807) is 0 Å². The first-order valence-electron chi connectivity index (χ1n) is 8.02. The third kappa shape index (κ3) is 5.75. The molecule has 3 nitrogen and oxygen atoms in total. The van der Waals surface area contributed by atoms with Crippen LogP contribution in [0.25, 0.3) is 0 Å². The van der Waals surface area contributed by atoms with Crippen molar-refractivity contribution in [2.45, 2.75) is 57.7 Å². The second kappa shape index (κ2) is 8.34. The van der Waals surface area contributed by atoms with Crippen molar-refractivity contribution < 1.29 is 18.3 Å². The number of likely N-dealkylation sites (tertiary alicyclic amines) is 1. The monoisotopic (exact) mass is 310 g/mol. The first-order valence-corrected chi connectivity index (χ1v) is 8.02. The van der Waals surface area contributed by atoms with Crippen LogP contribution in [0.15, 0.2) is 0 Å². The SMILES string of the molecule is CCNC(CC)(CO)CCCN1CCCC(C(F)(F)F)C1. The quantitative estimate of drug-likeness (QED) is 0.724. The molecule has 0 saturated carbocycles. The highest BCUT2D eigenvalue weighted by atomic mass is 19.4. The van der Waals surface area contributed by atoms with Gasteiger partial charge in [-0.2, -0.15) is 13.2 Å². The van der Waals surface area contributed by atoms with Gasteiger partial charge >= 0.3 is 6.18 Å². The van der Waals surface area contributed by atoms with Crippen LogP contribution in [0.4, 0.5) is 13.2 Å². The molecule has 2 N–H and O–H groups in total. The average molecular weight is 310 g/mol. The Bertz CT molecular complexity index is 293. The van der Waals surface area contributed by atoms with E-state index in [2.05, 4.69) is 5.32 Å². The van der Waals surface area contributed by atoms with Crippen LogP contribution in [0.1, 0.15) is 46.0 Å². The maximum atomic E-state index is 12.8. The molecule has 0 bridgehead atoms. The number of nitrogens with zero attached hydrogens (tertiary/aromatic N) is 1. The zero-order valence-corrected chi connectivity index (χ0v) is 13.2. The minimum absolute atomic E-state index is 0.0719. The van der Waals surface area contributed by atoms with Gasteiger partial charge in [0.25, 0.3) is 0 Å². The molecule has 1 fully saturated rings. The predicted octanol–water partition coefficient (Wildman–Crippen LogP) is 2.79. The highest BCUT2D eigenvalue weighted by Crippen LogP contribution is 2.33. The Hall–Kier alpha value is -0.330. The van der Waals surface area contributed by atoms with E-state index in [9.17, 15) is 18.3 Å². The molecular formula is C15H29F3N2O. The largest absolute Gasteiger partial charge is 0.394 e. The lowest BCUT2D eigenvalue weighted by atomic mass is 9.90. The Kier molecular flexibility index (Phi) is 7.44. The zero-order chi connectivity index (χ0) is 15.9. The molecule has 6 heteroatoms. The smallest absolute Gasteiger partial charge is 0.393 e. The van der Waals surface area contributed by atoms with Crippen molar-refractivity contribution in [3.05, 3.63) is 0 Å². The minimum atomic E-state index is -4.07. The van der Waals surface area contributed by atoms with Gasteiger partial charge in [0.05, 0.1) is 12.5 Å².